The van der Waals surface area contributed by atoms with Crippen LogP contribution in [0.2, 0.25) is 0 Å². The Labute approximate surface area is 178 Å². The zero-order valence-electron chi connectivity index (χ0n) is 18.2. The Morgan fingerprint density at radius 3 is 2.47 bits per heavy atom. The zero-order valence-corrected chi connectivity index (χ0v) is 19.0. The molecule has 0 aliphatic carbocycles. The van der Waals surface area contributed by atoms with Crippen molar-refractivity contribution in [1.29, 1.82) is 0 Å². The highest BCUT2D eigenvalue weighted by Crippen LogP contribution is 2.28. The molecule has 0 saturated heterocycles. The van der Waals surface area contributed by atoms with Gasteiger partial charge in [0.2, 0.25) is 5.88 Å². The number of aryl methyl sites for hydroxylation is 1. The summed E-state index contributed by atoms with van der Waals surface area (Å²) in [5.74, 6) is 0.491. The number of para-hydroxylation sites is 1. The molecule has 0 saturated carbocycles. The van der Waals surface area contributed by atoms with Gasteiger partial charge in [-0.2, -0.15) is 13.1 Å². The number of hydrogen-bond donors (Lipinski definition) is 0. The van der Waals surface area contributed by atoms with E-state index in [1.54, 1.807) is 30.3 Å². The number of benzene rings is 2. The molecular formula is C23H29N3O3S. The van der Waals surface area contributed by atoms with Gasteiger partial charge in [0.15, 0.2) is 0 Å². The van der Waals surface area contributed by atoms with Gasteiger partial charge >= 0.3 is 10.1 Å². The summed E-state index contributed by atoms with van der Waals surface area (Å²) in [5, 5.41) is 8.29. The monoisotopic (exact) mass is 427 g/mol. The second-order valence-electron chi connectivity index (χ2n) is 8.99. The molecule has 0 radical (unpaired) electrons. The molecule has 1 aromatic heterocycles. The summed E-state index contributed by atoms with van der Waals surface area (Å²) in [6.07, 6.45) is 3.45. The topological polar surface area (TPSA) is 74.1 Å². The normalized spacial score (nSPS) is 14.1. The number of fused-ring (bicyclic) bond motifs is 1. The highest BCUT2D eigenvalue weighted by atomic mass is 32.2. The van der Waals surface area contributed by atoms with Crippen molar-refractivity contribution in [2.75, 3.05) is 0 Å². The van der Waals surface area contributed by atoms with Crippen molar-refractivity contribution >= 4 is 27.0 Å². The van der Waals surface area contributed by atoms with E-state index in [0.29, 0.717) is 23.4 Å². The molecule has 3 rings (SSSR count). The van der Waals surface area contributed by atoms with Gasteiger partial charge in [0.25, 0.3) is 0 Å². The van der Waals surface area contributed by atoms with Crippen LogP contribution < -0.4 is 0 Å². The summed E-state index contributed by atoms with van der Waals surface area (Å²) in [4.78, 5) is 0.103. The largest absolute Gasteiger partial charge is 0.358 e. The fourth-order valence-electron chi connectivity index (χ4n) is 3.48. The lowest BCUT2D eigenvalue weighted by Gasteiger charge is -2.22. The summed E-state index contributed by atoms with van der Waals surface area (Å²) in [7, 11) is -4.01. The highest BCUT2D eigenvalue weighted by molar-refractivity contribution is 7.87. The molecule has 0 fully saturated rings. The molecule has 7 heteroatoms. The summed E-state index contributed by atoms with van der Waals surface area (Å²) >= 11 is 0. The molecule has 6 nitrogen and oxygen atoms in total. The lowest BCUT2D eigenvalue weighted by Crippen LogP contribution is -2.13. The number of allylic oxidation sites excluding steroid dienone is 1. The Balaban J connectivity index is 1.97. The van der Waals surface area contributed by atoms with Crippen LogP contribution in [0.4, 0.5) is 0 Å². The quantitative estimate of drug-likeness (QED) is 0.372. The van der Waals surface area contributed by atoms with Gasteiger partial charge in [0, 0.05) is 0 Å². The van der Waals surface area contributed by atoms with Crippen LogP contribution in [0.15, 0.2) is 59.5 Å². The molecule has 1 atom stereocenters. The van der Waals surface area contributed by atoms with Gasteiger partial charge in [-0.25, -0.2) is 0 Å². The molecule has 0 amide bonds. The van der Waals surface area contributed by atoms with Crippen LogP contribution in [-0.2, 0) is 14.3 Å². The van der Waals surface area contributed by atoms with Crippen molar-refractivity contribution in [3.8, 4) is 0 Å². The lowest BCUT2D eigenvalue weighted by atomic mass is 9.84. The predicted octanol–water partition coefficient (Wildman–Crippen LogP) is 5.41. The first-order chi connectivity index (χ1) is 14.0. The summed E-state index contributed by atoms with van der Waals surface area (Å²) < 4.78 is 32.9. The minimum atomic E-state index is -4.01. The maximum atomic E-state index is 12.9. The Morgan fingerprint density at radius 1 is 1.13 bits per heavy atom. The van der Waals surface area contributed by atoms with E-state index < -0.39 is 10.1 Å². The van der Waals surface area contributed by atoms with Crippen molar-refractivity contribution in [2.24, 2.45) is 11.3 Å². The highest BCUT2D eigenvalue weighted by Gasteiger charge is 2.22. The van der Waals surface area contributed by atoms with Crippen LogP contribution in [0, 0.1) is 18.3 Å². The van der Waals surface area contributed by atoms with Crippen molar-refractivity contribution < 1.29 is 12.6 Å². The van der Waals surface area contributed by atoms with Gasteiger partial charge in [-0.05, 0) is 61.4 Å². The van der Waals surface area contributed by atoms with Gasteiger partial charge in [-0.1, -0.05) is 62.7 Å². The second kappa shape index (κ2) is 8.60. The molecule has 0 aliphatic heterocycles. The average molecular weight is 428 g/mol. The third kappa shape index (κ3) is 5.48. The summed E-state index contributed by atoms with van der Waals surface area (Å²) in [5.41, 5.74) is 2.51. The first-order valence-corrected chi connectivity index (χ1v) is 11.5. The van der Waals surface area contributed by atoms with E-state index in [1.165, 1.54) is 4.68 Å². The summed E-state index contributed by atoms with van der Waals surface area (Å²) in [6, 6.07) is 14.0. The number of hydrogen-bond acceptors (Lipinski definition) is 5. The molecule has 0 spiro atoms. The third-order valence-electron chi connectivity index (χ3n) is 4.72. The number of aromatic nitrogens is 3. The van der Waals surface area contributed by atoms with Gasteiger partial charge in [0.1, 0.15) is 10.4 Å². The Bertz CT molecular complexity index is 1140. The van der Waals surface area contributed by atoms with E-state index in [4.69, 9.17) is 4.18 Å². The van der Waals surface area contributed by atoms with E-state index >= 15 is 0 Å². The number of rotatable bonds is 7. The molecule has 0 bridgehead atoms. The minimum absolute atomic E-state index is 0.103. The molecule has 0 aliphatic rings. The average Bonchev–Trinajstić information content (AvgIpc) is 3.08. The van der Waals surface area contributed by atoms with Crippen LogP contribution in [-0.4, -0.2) is 23.4 Å². The molecule has 0 N–H and O–H groups in total. The van der Waals surface area contributed by atoms with Crippen molar-refractivity contribution in [3.63, 3.8) is 0 Å². The zero-order chi connectivity index (χ0) is 21.9. The van der Waals surface area contributed by atoms with E-state index in [2.05, 4.69) is 38.0 Å². The van der Waals surface area contributed by atoms with Crippen LogP contribution in [0.5, 0.6) is 0 Å². The van der Waals surface area contributed by atoms with E-state index in [1.807, 2.05) is 31.2 Å². The molecule has 1 unspecified atom stereocenters. The smallest absolute Gasteiger partial charge is 0.340 e. The molecule has 160 valence electrons. The first-order valence-electron chi connectivity index (χ1n) is 10.1. The van der Waals surface area contributed by atoms with Crippen molar-refractivity contribution in [3.05, 3.63) is 60.2 Å². The van der Waals surface area contributed by atoms with Gasteiger partial charge in [0.05, 0.1) is 5.52 Å². The van der Waals surface area contributed by atoms with E-state index in [-0.39, 0.29) is 16.2 Å². The Morgan fingerprint density at radius 2 is 1.80 bits per heavy atom. The van der Waals surface area contributed by atoms with Gasteiger partial charge < -0.3 is 4.18 Å². The molecular weight excluding hydrogens is 398 g/mol. The van der Waals surface area contributed by atoms with Crippen LogP contribution in [0.25, 0.3) is 16.9 Å². The maximum Gasteiger partial charge on any atom is 0.340 e. The maximum absolute atomic E-state index is 12.9. The van der Waals surface area contributed by atoms with Crippen LogP contribution in [0.3, 0.4) is 0 Å². The van der Waals surface area contributed by atoms with E-state index in [9.17, 15) is 8.42 Å². The Hall–Kier alpha value is -2.67. The predicted molar refractivity (Wildman–Crippen MR) is 119 cm³/mol. The van der Waals surface area contributed by atoms with Gasteiger partial charge in [-0.3, -0.25) is 0 Å². The molecule has 2 aromatic carbocycles. The SMILES string of the molecule is Cc1ccc(S(=O)(=O)O/C(=C\CC(C)CC(C)(C)C)n2nnc3ccccc32)cc1. The number of nitrogens with zero attached hydrogens (tertiary/aromatic N) is 3. The van der Waals surface area contributed by atoms with Crippen LogP contribution >= 0.6 is 0 Å². The molecule has 30 heavy (non-hydrogen) atoms. The lowest BCUT2D eigenvalue weighted by molar-refractivity contribution is 0.307. The van der Waals surface area contributed by atoms with Gasteiger partial charge in [-0.15, -0.1) is 5.10 Å². The molecule has 1 heterocycles. The van der Waals surface area contributed by atoms with Crippen LogP contribution in [0.1, 0.15) is 46.1 Å². The minimum Gasteiger partial charge on any atom is -0.358 e. The van der Waals surface area contributed by atoms with Crippen molar-refractivity contribution in [1.82, 2.24) is 15.0 Å². The molecule has 3 aromatic rings. The fraction of sp³-hybridized carbons (Fsp3) is 0.391. The first kappa shape index (κ1) is 22.0. The van der Waals surface area contributed by atoms with Crippen molar-refractivity contribution in [2.45, 2.75) is 52.4 Å². The fourth-order valence-corrected chi connectivity index (χ4v) is 4.41. The standard InChI is InChI=1S/C23H29N3O3S/c1-17-10-13-19(14-11-17)30(27,28)29-22(15-12-18(2)16-23(3,4)5)26-21-9-7-6-8-20(21)24-25-26/h6-11,13-15,18H,12,16H2,1-5H3/b22-15-. The van der Waals surface area contributed by atoms with E-state index in [0.717, 1.165) is 12.0 Å². The second-order valence-corrected chi connectivity index (χ2v) is 10.5. The summed E-state index contributed by atoms with van der Waals surface area (Å²) in [6.45, 7) is 10.6. The Kier molecular flexibility index (Phi) is 6.31. The third-order valence-corrected chi connectivity index (χ3v) is 5.96.